The van der Waals surface area contributed by atoms with Gasteiger partial charge in [0.15, 0.2) is 5.78 Å². The number of carbonyl (C=O) groups is 1. The Kier molecular flexibility index (Phi) is 2.31. The zero-order valence-electron chi connectivity index (χ0n) is 6.50. The Balaban J connectivity index is 2.90. The lowest BCUT2D eigenvalue weighted by atomic mass is 9.96. The van der Waals surface area contributed by atoms with E-state index in [9.17, 15) is 4.79 Å². The Labute approximate surface area is 66.8 Å². The van der Waals surface area contributed by atoms with E-state index in [-0.39, 0.29) is 5.78 Å². The number of hydrogen-bond acceptors (Lipinski definition) is 2. The molecule has 0 aromatic heterocycles. The molecule has 2 N–H and O–H groups in total. The van der Waals surface area contributed by atoms with Crippen molar-refractivity contribution >= 4 is 19.3 Å². The maximum absolute atomic E-state index is 11.1. The smallest absolute Gasteiger partial charge is 0.155 e. The summed E-state index contributed by atoms with van der Waals surface area (Å²) in [6.45, 7) is 0. The van der Waals surface area contributed by atoms with Crippen molar-refractivity contribution in [2.45, 2.75) is 6.32 Å². The summed E-state index contributed by atoms with van der Waals surface area (Å²) < 4.78 is 0. The van der Waals surface area contributed by atoms with E-state index in [0.29, 0.717) is 12.0 Å². The number of benzene rings is 1. The third kappa shape index (κ3) is 1.83. The summed E-state index contributed by atoms with van der Waals surface area (Å²) in [4.78, 5) is 11.1. The van der Waals surface area contributed by atoms with E-state index in [4.69, 9.17) is 5.73 Å². The van der Waals surface area contributed by atoms with Crippen LogP contribution in [0, 0.1) is 0 Å². The van der Waals surface area contributed by atoms with E-state index in [1.807, 2.05) is 7.85 Å². The van der Waals surface area contributed by atoms with Crippen LogP contribution in [0.5, 0.6) is 0 Å². The maximum atomic E-state index is 11.1. The quantitative estimate of drug-likeness (QED) is 0.376. The van der Waals surface area contributed by atoms with Crippen molar-refractivity contribution in [1.29, 1.82) is 0 Å². The molecule has 0 spiro atoms. The van der Waals surface area contributed by atoms with Crippen molar-refractivity contribution in [1.82, 2.24) is 0 Å². The van der Waals surface area contributed by atoms with Gasteiger partial charge in [-0.15, -0.1) is 0 Å². The molecule has 0 aliphatic rings. The number of nitrogen functional groups attached to an aromatic ring is 1. The van der Waals surface area contributed by atoms with Crippen molar-refractivity contribution in [2.75, 3.05) is 5.73 Å². The van der Waals surface area contributed by atoms with Crippen molar-refractivity contribution in [3.8, 4) is 0 Å². The van der Waals surface area contributed by atoms with Crippen LogP contribution < -0.4 is 5.73 Å². The van der Waals surface area contributed by atoms with Crippen LogP contribution in [0.15, 0.2) is 24.3 Å². The molecule has 0 aliphatic heterocycles. The maximum Gasteiger partial charge on any atom is 0.155 e. The fourth-order valence-electron chi connectivity index (χ4n) is 0.873. The zero-order valence-corrected chi connectivity index (χ0v) is 6.50. The topological polar surface area (TPSA) is 43.1 Å². The minimum atomic E-state index is 0.157. The molecule has 0 fully saturated rings. The van der Waals surface area contributed by atoms with Crippen LogP contribution in [0.25, 0.3) is 0 Å². The molecule has 1 rings (SSSR count). The predicted octanol–water partition coefficient (Wildman–Crippen LogP) is 0.503. The second kappa shape index (κ2) is 3.24. The van der Waals surface area contributed by atoms with Crippen molar-refractivity contribution in [2.24, 2.45) is 0 Å². The molecular formula is C8H10BNO. The highest BCUT2D eigenvalue weighted by Crippen LogP contribution is 2.06. The van der Waals surface area contributed by atoms with E-state index in [1.165, 1.54) is 0 Å². The third-order valence-electron chi connectivity index (χ3n) is 1.55. The van der Waals surface area contributed by atoms with Gasteiger partial charge in [0, 0.05) is 11.3 Å². The van der Waals surface area contributed by atoms with Gasteiger partial charge in [0.2, 0.25) is 0 Å². The predicted molar refractivity (Wildman–Crippen MR) is 48.5 cm³/mol. The molecule has 0 unspecified atom stereocenters. The van der Waals surface area contributed by atoms with Crippen molar-refractivity contribution < 1.29 is 4.79 Å². The number of rotatable bonds is 2. The average Bonchev–Trinajstić information content (AvgIpc) is 2.05. The molecule has 1 aromatic rings. The molecule has 0 heterocycles. The van der Waals surface area contributed by atoms with Crippen LogP contribution in [-0.4, -0.2) is 13.6 Å². The fraction of sp³-hybridized carbons (Fsp3) is 0.125. The Morgan fingerprint density at radius 3 is 2.36 bits per heavy atom. The van der Waals surface area contributed by atoms with Crippen LogP contribution in [0.1, 0.15) is 10.4 Å². The molecule has 2 nitrogen and oxygen atoms in total. The molecule has 0 saturated carbocycles. The molecular weight excluding hydrogens is 137 g/mol. The van der Waals surface area contributed by atoms with Crippen LogP contribution in [0.2, 0.25) is 6.32 Å². The second-order valence-corrected chi connectivity index (χ2v) is 2.40. The molecule has 0 radical (unpaired) electrons. The van der Waals surface area contributed by atoms with Crippen LogP contribution in [-0.2, 0) is 0 Å². The summed E-state index contributed by atoms with van der Waals surface area (Å²) in [5.74, 6) is 0.157. The van der Waals surface area contributed by atoms with Crippen LogP contribution in [0.4, 0.5) is 5.69 Å². The molecule has 0 aliphatic carbocycles. The highest BCUT2D eigenvalue weighted by atomic mass is 16.1. The summed E-state index contributed by atoms with van der Waals surface area (Å²) in [7, 11) is 1.85. The first-order valence-corrected chi connectivity index (χ1v) is 3.62. The first-order chi connectivity index (χ1) is 5.24. The van der Waals surface area contributed by atoms with Gasteiger partial charge in [-0.2, -0.15) is 0 Å². The molecule has 1 aromatic carbocycles. The van der Waals surface area contributed by atoms with Gasteiger partial charge >= 0.3 is 0 Å². The van der Waals surface area contributed by atoms with Crippen LogP contribution >= 0.6 is 0 Å². The van der Waals surface area contributed by atoms with E-state index in [2.05, 4.69) is 0 Å². The van der Waals surface area contributed by atoms with Gasteiger partial charge in [-0.25, -0.2) is 0 Å². The normalized spacial score (nSPS) is 9.45. The van der Waals surface area contributed by atoms with Gasteiger partial charge < -0.3 is 5.73 Å². The van der Waals surface area contributed by atoms with E-state index in [0.717, 1.165) is 5.56 Å². The van der Waals surface area contributed by atoms with Gasteiger partial charge in [0.1, 0.15) is 7.85 Å². The number of nitrogens with two attached hydrogens (primary N) is 1. The molecule has 56 valence electrons. The third-order valence-corrected chi connectivity index (χ3v) is 1.55. The molecule has 0 amide bonds. The summed E-state index contributed by atoms with van der Waals surface area (Å²) in [6.07, 6.45) is 0.546. The highest BCUT2D eigenvalue weighted by molar-refractivity contribution is 6.24. The second-order valence-electron chi connectivity index (χ2n) is 2.40. The minimum Gasteiger partial charge on any atom is -0.399 e. The Morgan fingerprint density at radius 1 is 1.36 bits per heavy atom. The lowest BCUT2D eigenvalue weighted by Gasteiger charge is -1.96. The standard InChI is InChI=1S/C8H10BNO/c9-5-8(11)6-1-3-7(10)4-2-6/h1-4H,5,9-10H2. The number of carbonyl (C=O) groups excluding carboxylic acids is 1. The molecule has 11 heavy (non-hydrogen) atoms. The van der Waals surface area contributed by atoms with Gasteiger partial charge in [-0.05, 0) is 30.6 Å². The lowest BCUT2D eigenvalue weighted by molar-refractivity contribution is 0.101. The van der Waals surface area contributed by atoms with E-state index in [1.54, 1.807) is 24.3 Å². The molecule has 0 atom stereocenters. The SMILES string of the molecule is BCC(=O)c1ccc(N)cc1. The number of anilines is 1. The summed E-state index contributed by atoms with van der Waals surface area (Å²) in [5, 5.41) is 0. The molecule has 0 saturated heterocycles. The number of Topliss-reactive ketones (excluding diaryl/α,β-unsaturated/α-hetero) is 1. The van der Waals surface area contributed by atoms with Crippen LogP contribution in [0.3, 0.4) is 0 Å². The van der Waals surface area contributed by atoms with Gasteiger partial charge in [-0.3, -0.25) is 4.79 Å². The number of hydrogen-bond donors (Lipinski definition) is 1. The van der Waals surface area contributed by atoms with Crippen molar-refractivity contribution in [3.05, 3.63) is 29.8 Å². The van der Waals surface area contributed by atoms with E-state index >= 15 is 0 Å². The average molecular weight is 147 g/mol. The number of ketones is 1. The van der Waals surface area contributed by atoms with Gasteiger partial charge in [0.25, 0.3) is 0 Å². The monoisotopic (exact) mass is 147 g/mol. The lowest BCUT2D eigenvalue weighted by Crippen LogP contribution is -1.97. The summed E-state index contributed by atoms with van der Waals surface area (Å²) in [6, 6.07) is 6.98. The van der Waals surface area contributed by atoms with Gasteiger partial charge in [0.05, 0.1) is 0 Å². The highest BCUT2D eigenvalue weighted by Gasteiger charge is 2.00. The molecule has 0 bridgehead atoms. The van der Waals surface area contributed by atoms with Crippen molar-refractivity contribution in [3.63, 3.8) is 0 Å². The zero-order chi connectivity index (χ0) is 8.27. The van der Waals surface area contributed by atoms with Gasteiger partial charge in [-0.1, -0.05) is 0 Å². The summed E-state index contributed by atoms with van der Waals surface area (Å²) >= 11 is 0. The minimum absolute atomic E-state index is 0.157. The fourth-order valence-corrected chi connectivity index (χ4v) is 0.873. The summed E-state index contributed by atoms with van der Waals surface area (Å²) in [5.41, 5.74) is 6.89. The molecule has 3 heteroatoms. The first kappa shape index (κ1) is 7.86. The Hall–Kier alpha value is -1.25. The largest absolute Gasteiger partial charge is 0.399 e. The van der Waals surface area contributed by atoms with E-state index < -0.39 is 0 Å². The Bertz CT molecular complexity index is 255. The Morgan fingerprint density at radius 2 is 1.91 bits per heavy atom. The first-order valence-electron chi connectivity index (χ1n) is 3.62.